The summed E-state index contributed by atoms with van der Waals surface area (Å²) in [7, 11) is 1.53. The maximum absolute atomic E-state index is 9.75. The maximum Gasteiger partial charge on any atom is 0.204 e. The number of hydrogen-bond acceptors (Lipinski definition) is 7. The predicted molar refractivity (Wildman–Crippen MR) is 73.6 cm³/mol. The second-order valence-electron chi connectivity index (χ2n) is 4.54. The Kier molecular flexibility index (Phi) is 5.78. The number of hydrogen-bond donors (Lipinski definition) is 4. The van der Waals surface area contributed by atoms with Crippen molar-refractivity contribution in [3.05, 3.63) is 6.33 Å². The first-order chi connectivity index (χ1) is 9.04. The molecule has 0 radical (unpaired) electrons. The van der Waals surface area contributed by atoms with Gasteiger partial charge in [0, 0.05) is 13.1 Å². The van der Waals surface area contributed by atoms with Crippen molar-refractivity contribution < 1.29 is 14.9 Å². The molecule has 1 heterocycles. The Morgan fingerprint density at radius 3 is 2.47 bits per heavy atom. The normalized spacial score (nSPS) is 13.7. The number of nitrogens with one attached hydrogen (secondary N) is 2. The lowest BCUT2D eigenvalue weighted by Gasteiger charge is -2.22. The highest BCUT2D eigenvalue weighted by molar-refractivity contribution is 5.63. The molecule has 0 spiro atoms. The number of methoxy groups -OCH3 is 1. The van der Waals surface area contributed by atoms with Crippen molar-refractivity contribution in [1.29, 1.82) is 0 Å². The molecule has 0 amide bonds. The molecule has 1 rings (SSSR count). The molecule has 4 N–H and O–H groups in total. The van der Waals surface area contributed by atoms with Gasteiger partial charge in [0.1, 0.15) is 11.9 Å². The van der Waals surface area contributed by atoms with E-state index in [9.17, 15) is 5.11 Å². The molecule has 0 aliphatic carbocycles. The Labute approximate surface area is 113 Å². The summed E-state index contributed by atoms with van der Waals surface area (Å²) in [6.07, 6.45) is 2.38. The number of rotatable bonds is 8. The van der Waals surface area contributed by atoms with Crippen LogP contribution in [0.3, 0.4) is 0 Å². The third kappa shape index (κ3) is 4.53. The first kappa shape index (κ1) is 15.5. The molecule has 1 unspecified atom stereocenters. The molecule has 0 aliphatic heterocycles. The summed E-state index contributed by atoms with van der Waals surface area (Å²) in [5, 5.41) is 24.8. The summed E-state index contributed by atoms with van der Waals surface area (Å²) >= 11 is 0. The van der Waals surface area contributed by atoms with Crippen molar-refractivity contribution in [1.82, 2.24) is 9.97 Å². The van der Waals surface area contributed by atoms with Crippen LogP contribution in [0.5, 0.6) is 5.75 Å². The van der Waals surface area contributed by atoms with Gasteiger partial charge in [0.2, 0.25) is 5.75 Å². The van der Waals surface area contributed by atoms with Gasteiger partial charge < -0.3 is 25.6 Å². The number of aliphatic hydroxyl groups excluding tert-OH is 1. The van der Waals surface area contributed by atoms with Gasteiger partial charge in [-0.2, -0.15) is 0 Å². The van der Waals surface area contributed by atoms with E-state index in [0.717, 1.165) is 13.0 Å². The van der Waals surface area contributed by atoms with Crippen LogP contribution >= 0.6 is 0 Å². The first-order valence-corrected chi connectivity index (χ1v) is 6.24. The average Bonchev–Trinajstić information content (AvgIpc) is 2.42. The van der Waals surface area contributed by atoms with Crippen molar-refractivity contribution in [2.75, 3.05) is 37.4 Å². The molecule has 0 bridgehead atoms. The van der Waals surface area contributed by atoms with Crippen molar-refractivity contribution >= 4 is 11.6 Å². The molecule has 7 heteroatoms. The minimum atomic E-state index is -1.22. The molecular weight excluding hydrogens is 248 g/mol. The van der Waals surface area contributed by atoms with Crippen LogP contribution in [-0.4, -0.2) is 52.6 Å². The van der Waals surface area contributed by atoms with Crippen molar-refractivity contribution in [2.24, 2.45) is 0 Å². The third-order valence-electron chi connectivity index (χ3n) is 2.53. The molecule has 1 atom stereocenters. The van der Waals surface area contributed by atoms with Crippen LogP contribution in [0.4, 0.5) is 11.6 Å². The molecular formula is C12H22N4O3. The Balaban J connectivity index is 2.82. The summed E-state index contributed by atoms with van der Waals surface area (Å²) in [5.41, 5.74) is -1.22. The largest absolute Gasteiger partial charge is 0.490 e. The van der Waals surface area contributed by atoms with E-state index in [2.05, 4.69) is 27.5 Å². The predicted octanol–water partition coefficient (Wildman–Crippen LogP) is 0.462. The summed E-state index contributed by atoms with van der Waals surface area (Å²) in [4.78, 5) is 8.19. The highest BCUT2D eigenvalue weighted by Crippen LogP contribution is 2.29. The lowest BCUT2D eigenvalue weighted by atomic mass is 10.1. The summed E-state index contributed by atoms with van der Waals surface area (Å²) in [6.45, 7) is 4.18. The van der Waals surface area contributed by atoms with Crippen molar-refractivity contribution in [3.8, 4) is 5.75 Å². The fourth-order valence-corrected chi connectivity index (χ4v) is 1.39. The van der Waals surface area contributed by atoms with Crippen LogP contribution in [-0.2, 0) is 0 Å². The van der Waals surface area contributed by atoms with Crippen LogP contribution in [0, 0.1) is 0 Å². The first-order valence-electron chi connectivity index (χ1n) is 6.24. The summed E-state index contributed by atoms with van der Waals surface area (Å²) in [5.74, 6) is 1.57. The Morgan fingerprint density at radius 1 is 1.32 bits per heavy atom. The average molecular weight is 270 g/mol. The van der Waals surface area contributed by atoms with Gasteiger partial charge in [0.05, 0.1) is 13.7 Å². The topological polar surface area (TPSA) is 99.5 Å². The zero-order chi connectivity index (χ0) is 14.3. The Morgan fingerprint density at radius 2 is 1.95 bits per heavy atom. The lowest BCUT2D eigenvalue weighted by Crippen LogP contribution is -2.37. The van der Waals surface area contributed by atoms with Crippen molar-refractivity contribution in [3.63, 3.8) is 0 Å². The van der Waals surface area contributed by atoms with Crippen LogP contribution in [0.25, 0.3) is 0 Å². The van der Waals surface area contributed by atoms with Gasteiger partial charge in [-0.05, 0) is 13.3 Å². The summed E-state index contributed by atoms with van der Waals surface area (Å²) in [6, 6.07) is 0. The molecule has 1 aromatic rings. The smallest absolute Gasteiger partial charge is 0.204 e. The standard InChI is InChI=1S/C12H22N4O3/c1-4-5-13-10-9(19-3)11(16-8-15-10)14-6-12(2,18)7-17/h8,17-18H,4-7H2,1-3H3,(H2,13,14,15,16). The van der Waals surface area contributed by atoms with E-state index in [-0.39, 0.29) is 13.2 Å². The molecule has 0 fully saturated rings. The summed E-state index contributed by atoms with van der Waals surface area (Å²) < 4.78 is 5.28. The van der Waals surface area contributed by atoms with E-state index in [4.69, 9.17) is 9.84 Å². The Hall–Kier alpha value is -1.60. The molecule has 108 valence electrons. The van der Waals surface area contributed by atoms with E-state index >= 15 is 0 Å². The molecule has 1 aromatic heterocycles. The molecule has 19 heavy (non-hydrogen) atoms. The highest BCUT2D eigenvalue weighted by atomic mass is 16.5. The van der Waals surface area contributed by atoms with E-state index in [1.54, 1.807) is 0 Å². The van der Waals surface area contributed by atoms with Crippen LogP contribution in [0.1, 0.15) is 20.3 Å². The zero-order valence-corrected chi connectivity index (χ0v) is 11.6. The van der Waals surface area contributed by atoms with Crippen molar-refractivity contribution in [2.45, 2.75) is 25.9 Å². The number of aliphatic hydroxyl groups is 2. The monoisotopic (exact) mass is 270 g/mol. The van der Waals surface area contributed by atoms with Gasteiger partial charge >= 0.3 is 0 Å². The number of ether oxygens (including phenoxy) is 1. The van der Waals surface area contributed by atoms with E-state index in [1.807, 2.05) is 0 Å². The third-order valence-corrected chi connectivity index (χ3v) is 2.53. The second kappa shape index (κ2) is 7.10. The minimum Gasteiger partial charge on any atom is -0.490 e. The van der Waals surface area contributed by atoms with Crippen LogP contribution in [0.15, 0.2) is 6.33 Å². The van der Waals surface area contributed by atoms with Gasteiger partial charge in [0.25, 0.3) is 0 Å². The lowest BCUT2D eigenvalue weighted by molar-refractivity contribution is 0.0131. The quantitative estimate of drug-likeness (QED) is 0.544. The SMILES string of the molecule is CCCNc1ncnc(NCC(C)(O)CO)c1OC. The van der Waals surface area contributed by atoms with Gasteiger partial charge in [-0.25, -0.2) is 9.97 Å². The number of nitrogens with zero attached hydrogens (tertiary/aromatic N) is 2. The fraction of sp³-hybridized carbons (Fsp3) is 0.667. The molecule has 0 saturated heterocycles. The fourth-order valence-electron chi connectivity index (χ4n) is 1.39. The van der Waals surface area contributed by atoms with Gasteiger partial charge in [-0.1, -0.05) is 6.92 Å². The molecule has 0 aliphatic rings. The zero-order valence-electron chi connectivity index (χ0n) is 11.6. The van der Waals surface area contributed by atoms with E-state index in [1.165, 1.54) is 20.4 Å². The maximum atomic E-state index is 9.75. The van der Waals surface area contributed by atoms with Gasteiger partial charge in [-0.15, -0.1) is 0 Å². The van der Waals surface area contributed by atoms with E-state index < -0.39 is 5.60 Å². The second-order valence-corrected chi connectivity index (χ2v) is 4.54. The van der Waals surface area contributed by atoms with Gasteiger partial charge in [0.15, 0.2) is 11.6 Å². The highest BCUT2D eigenvalue weighted by Gasteiger charge is 2.20. The van der Waals surface area contributed by atoms with E-state index in [0.29, 0.717) is 17.4 Å². The minimum absolute atomic E-state index is 0.157. The molecule has 7 nitrogen and oxygen atoms in total. The molecule has 0 aromatic carbocycles. The molecule has 0 saturated carbocycles. The van der Waals surface area contributed by atoms with Gasteiger partial charge in [-0.3, -0.25) is 0 Å². The number of aromatic nitrogens is 2. The van der Waals surface area contributed by atoms with Crippen LogP contribution in [0.2, 0.25) is 0 Å². The Bertz CT molecular complexity index is 399. The van der Waals surface area contributed by atoms with Crippen LogP contribution < -0.4 is 15.4 Å². The number of anilines is 2.